The van der Waals surface area contributed by atoms with E-state index in [-0.39, 0.29) is 0 Å². The summed E-state index contributed by atoms with van der Waals surface area (Å²) in [6.07, 6.45) is 3.04. The Morgan fingerprint density at radius 3 is 2.65 bits per heavy atom. The summed E-state index contributed by atoms with van der Waals surface area (Å²) in [5.41, 5.74) is 6.81. The van der Waals surface area contributed by atoms with Crippen molar-refractivity contribution < 1.29 is 4.74 Å². The summed E-state index contributed by atoms with van der Waals surface area (Å²) < 4.78 is 7.81. The molecule has 1 heterocycles. The number of nitrogens with zero attached hydrogens (tertiary/aromatic N) is 1. The number of aromatic nitrogens is 1. The summed E-state index contributed by atoms with van der Waals surface area (Å²) in [6.45, 7) is 2.27. The van der Waals surface area contributed by atoms with Crippen LogP contribution in [0.25, 0.3) is 0 Å². The van der Waals surface area contributed by atoms with Gasteiger partial charge in [-0.2, -0.15) is 0 Å². The van der Waals surface area contributed by atoms with Crippen molar-refractivity contribution in [2.45, 2.75) is 19.5 Å². The highest BCUT2D eigenvalue weighted by Gasteiger charge is 1.98. The molecule has 0 aliphatic rings. The Hall–Kier alpha value is -1.74. The Kier molecular flexibility index (Phi) is 4.22. The number of hydrogen-bond acceptors (Lipinski definition) is 2. The van der Waals surface area contributed by atoms with Gasteiger partial charge in [-0.05, 0) is 30.7 Å². The number of rotatable bonds is 6. The lowest BCUT2D eigenvalue weighted by Gasteiger charge is -2.09. The lowest BCUT2D eigenvalue weighted by atomic mass is 10.3. The van der Waals surface area contributed by atoms with Crippen molar-refractivity contribution in [1.29, 1.82) is 0 Å². The van der Waals surface area contributed by atoms with Crippen molar-refractivity contribution in [3.8, 4) is 5.75 Å². The van der Waals surface area contributed by atoms with E-state index in [1.165, 1.54) is 5.69 Å². The molecule has 90 valence electrons. The van der Waals surface area contributed by atoms with Gasteiger partial charge >= 0.3 is 0 Å². The summed E-state index contributed by atoms with van der Waals surface area (Å²) in [5, 5.41) is 0. The average Bonchev–Trinajstić information content (AvgIpc) is 2.83. The van der Waals surface area contributed by atoms with Gasteiger partial charge < -0.3 is 15.0 Å². The molecule has 0 fully saturated rings. The van der Waals surface area contributed by atoms with E-state index < -0.39 is 0 Å². The van der Waals surface area contributed by atoms with Crippen molar-refractivity contribution in [3.05, 3.63) is 54.4 Å². The zero-order valence-electron chi connectivity index (χ0n) is 9.88. The van der Waals surface area contributed by atoms with Crippen LogP contribution < -0.4 is 10.5 Å². The third-order valence-electron chi connectivity index (χ3n) is 2.69. The first-order valence-corrected chi connectivity index (χ1v) is 5.92. The van der Waals surface area contributed by atoms with Crippen LogP contribution in [0.2, 0.25) is 0 Å². The van der Waals surface area contributed by atoms with E-state index in [1.807, 2.05) is 36.4 Å². The van der Waals surface area contributed by atoms with Crippen LogP contribution in [-0.4, -0.2) is 11.2 Å². The second-order valence-corrected chi connectivity index (χ2v) is 3.91. The number of para-hydroxylation sites is 1. The van der Waals surface area contributed by atoms with Gasteiger partial charge in [0.1, 0.15) is 5.75 Å². The van der Waals surface area contributed by atoms with Gasteiger partial charge in [-0.3, -0.25) is 0 Å². The third-order valence-corrected chi connectivity index (χ3v) is 2.69. The van der Waals surface area contributed by atoms with Crippen molar-refractivity contribution in [2.75, 3.05) is 6.61 Å². The molecule has 0 unspecified atom stereocenters. The zero-order chi connectivity index (χ0) is 11.9. The number of nitrogens with two attached hydrogens (primary N) is 1. The van der Waals surface area contributed by atoms with Crippen LogP contribution in [0.5, 0.6) is 5.75 Å². The van der Waals surface area contributed by atoms with Gasteiger partial charge in [0.2, 0.25) is 0 Å². The standard InChI is InChI=1S/C14H18N2O/c15-12-13-6-4-9-16(13)10-5-11-17-14-7-2-1-3-8-14/h1-4,6-9H,5,10-12,15H2. The average molecular weight is 230 g/mol. The number of aryl methyl sites for hydroxylation is 1. The minimum atomic E-state index is 0.590. The van der Waals surface area contributed by atoms with Crippen molar-refractivity contribution in [1.82, 2.24) is 4.57 Å². The molecule has 17 heavy (non-hydrogen) atoms. The lowest BCUT2D eigenvalue weighted by molar-refractivity contribution is 0.301. The highest BCUT2D eigenvalue weighted by molar-refractivity contribution is 5.20. The maximum absolute atomic E-state index is 5.64. The van der Waals surface area contributed by atoms with E-state index in [1.54, 1.807) is 0 Å². The predicted molar refractivity (Wildman–Crippen MR) is 68.9 cm³/mol. The van der Waals surface area contributed by atoms with Gasteiger partial charge in [-0.1, -0.05) is 18.2 Å². The number of benzene rings is 1. The first kappa shape index (κ1) is 11.7. The molecule has 0 saturated carbocycles. The quantitative estimate of drug-likeness (QED) is 0.774. The maximum Gasteiger partial charge on any atom is 0.119 e. The molecular weight excluding hydrogens is 212 g/mol. The second kappa shape index (κ2) is 6.11. The van der Waals surface area contributed by atoms with Gasteiger partial charge in [0.15, 0.2) is 0 Å². The smallest absolute Gasteiger partial charge is 0.119 e. The summed E-state index contributed by atoms with van der Waals surface area (Å²) >= 11 is 0. The summed E-state index contributed by atoms with van der Waals surface area (Å²) in [7, 11) is 0. The van der Waals surface area contributed by atoms with Crippen LogP contribution in [-0.2, 0) is 13.1 Å². The minimum Gasteiger partial charge on any atom is -0.494 e. The van der Waals surface area contributed by atoms with Crippen LogP contribution in [0, 0.1) is 0 Å². The first-order chi connectivity index (χ1) is 8.40. The van der Waals surface area contributed by atoms with Gasteiger partial charge in [0.05, 0.1) is 6.61 Å². The molecule has 3 nitrogen and oxygen atoms in total. The maximum atomic E-state index is 5.64. The predicted octanol–water partition coefficient (Wildman–Crippen LogP) is 2.42. The van der Waals surface area contributed by atoms with E-state index in [0.717, 1.165) is 25.3 Å². The van der Waals surface area contributed by atoms with E-state index in [2.05, 4.69) is 16.8 Å². The van der Waals surface area contributed by atoms with Crippen LogP contribution in [0.3, 0.4) is 0 Å². The molecule has 2 N–H and O–H groups in total. The molecule has 0 saturated heterocycles. The second-order valence-electron chi connectivity index (χ2n) is 3.91. The monoisotopic (exact) mass is 230 g/mol. The highest BCUT2D eigenvalue weighted by atomic mass is 16.5. The molecule has 0 amide bonds. The summed E-state index contributed by atoms with van der Waals surface area (Å²) in [5.74, 6) is 0.930. The van der Waals surface area contributed by atoms with Gasteiger partial charge in [0, 0.05) is 25.0 Å². The zero-order valence-corrected chi connectivity index (χ0v) is 9.88. The Balaban J connectivity index is 1.73. The third kappa shape index (κ3) is 3.36. The van der Waals surface area contributed by atoms with E-state index in [4.69, 9.17) is 10.5 Å². The number of hydrogen-bond donors (Lipinski definition) is 1. The Morgan fingerprint density at radius 2 is 1.88 bits per heavy atom. The molecule has 2 rings (SSSR count). The van der Waals surface area contributed by atoms with Crippen LogP contribution in [0.15, 0.2) is 48.7 Å². The topological polar surface area (TPSA) is 40.2 Å². The van der Waals surface area contributed by atoms with Gasteiger partial charge in [-0.25, -0.2) is 0 Å². The van der Waals surface area contributed by atoms with Crippen LogP contribution in [0.4, 0.5) is 0 Å². The van der Waals surface area contributed by atoms with E-state index >= 15 is 0 Å². The van der Waals surface area contributed by atoms with Crippen molar-refractivity contribution in [2.24, 2.45) is 5.73 Å². The molecule has 1 aromatic heterocycles. The summed E-state index contributed by atoms with van der Waals surface area (Å²) in [6, 6.07) is 14.0. The fourth-order valence-corrected chi connectivity index (χ4v) is 1.79. The van der Waals surface area contributed by atoms with Crippen LogP contribution in [0.1, 0.15) is 12.1 Å². The molecule has 1 aromatic carbocycles. The van der Waals surface area contributed by atoms with Crippen molar-refractivity contribution in [3.63, 3.8) is 0 Å². The highest BCUT2D eigenvalue weighted by Crippen LogP contribution is 2.09. The first-order valence-electron chi connectivity index (χ1n) is 5.92. The Bertz CT molecular complexity index is 436. The fraction of sp³-hybridized carbons (Fsp3) is 0.286. The molecule has 0 bridgehead atoms. The van der Waals surface area contributed by atoms with E-state index in [9.17, 15) is 0 Å². The Labute approximate surface area is 102 Å². The van der Waals surface area contributed by atoms with Gasteiger partial charge in [-0.15, -0.1) is 0 Å². The molecule has 3 heteroatoms. The lowest BCUT2D eigenvalue weighted by Crippen LogP contribution is -2.09. The molecule has 0 spiro atoms. The molecule has 0 aliphatic heterocycles. The molecular formula is C14H18N2O. The summed E-state index contributed by atoms with van der Waals surface area (Å²) in [4.78, 5) is 0. The SMILES string of the molecule is NCc1cccn1CCCOc1ccccc1. The minimum absolute atomic E-state index is 0.590. The fourth-order valence-electron chi connectivity index (χ4n) is 1.79. The molecule has 0 atom stereocenters. The van der Waals surface area contributed by atoms with Crippen LogP contribution >= 0.6 is 0 Å². The Morgan fingerprint density at radius 1 is 1.06 bits per heavy atom. The van der Waals surface area contributed by atoms with E-state index in [0.29, 0.717) is 6.54 Å². The molecule has 0 radical (unpaired) electrons. The molecule has 2 aromatic rings. The normalized spacial score (nSPS) is 10.4. The largest absolute Gasteiger partial charge is 0.494 e. The molecule has 0 aliphatic carbocycles. The van der Waals surface area contributed by atoms with Gasteiger partial charge in [0.25, 0.3) is 0 Å². The van der Waals surface area contributed by atoms with Crippen molar-refractivity contribution >= 4 is 0 Å². The number of ether oxygens (including phenoxy) is 1.